The van der Waals surface area contributed by atoms with Gasteiger partial charge >= 0.3 is 0 Å². The minimum Gasteiger partial charge on any atom is -0.484 e. The highest BCUT2D eigenvalue weighted by Gasteiger charge is 2.10. The Hall–Kier alpha value is -3.54. The first-order chi connectivity index (χ1) is 15.6. The van der Waals surface area contributed by atoms with Gasteiger partial charge in [-0.25, -0.2) is 5.43 Å². The molecule has 0 fully saturated rings. The van der Waals surface area contributed by atoms with Crippen LogP contribution >= 0.6 is 23.2 Å². The lowest BCUT2D eigenvalue weighted by Gasteiger charge is -2.06. The molecule has 5 nitrogen and oxygen atoms in total. The van der Waals surface area contributed by atoms with E-state index in [-0.39, 0.29) is 6.61 Å². The quantitative estimate of drug-likeness (QED) is 0.252. The van der Waals surface area contributed by atoms with Crippen LogP contribution in [0.4, 0.5) is 0 Å². The van der Waals surface area contributed by atoms with Crippen LogP contribution in [0.2, 0.25) is 10.0 Å². The first-order valence-electron chi connectivity index (χ1n) is 9.74. The third kappa shape index (κ3) is 5.38. The predicted molar refractivity (Wildman–Crippen MR) is 127 cm³/mol. The van der Waals surface area contributed by atoms with Crippen molar-refractivity contribution in [3.63, 3.8) is 0 Å². The molecule has 1 amide bonds. The van der Waals surface area contributed by atoms with Crippen molar-refractivity contribution >= 4 is 35.3 Å². The molecule has 0 atom stereocenters. The molecule has 0 aliphatic rings. The molecule has 0 radical (unpaired) electrons. The summed E-state index contributed by atoms with van der Waals surface area (Å²) >= 11 is 12.3. The Morgan fingerprint density at radius 3 is 2.44 bits per heavy atom. The largest absolute Gasteiger partial charge is 0.484 e. The summed E-state index contributed by atoms with van der Waals surface area (Å²) in [6, 6.07) is 26.3. The van der Waals surface area contributed by atoms with Crippen LogP contribution in [0.3, 0.4) is 0 Å². The van der Waals surface area contributed by atoms with Crippen LogP contribution in [0.15, 0.2) is 94.4 Å². The van der Waals surface area contributed by atoms with Crippen molar-refractivity contribution in [3.8, 4) is 28.2 Å². The van der Waals surface area contributed by atoms with Gasteiger partial charge in [-0.2, -0.15) is 5.10 Å². The number of halogens is 2. The summed E-state index contributed by atoms with van der Waals surface area (Å²) in [5, 5.41) is 4.75. The highest BCUT2D eigenvalue weighted by molar-refractivity contribution is 6.43. The van der Waals surface area contributed by atoms with Gasteiger partial charge in [-0.05, 0) is 47.5 Å². The molecule has 0 bridgehead atoms. The molecule has 4 aromatic rings. The number of ether oxygens (including phenoxy) is 1. The summed E-state index contributed by atoms with van der Waals surface area (Å²) in [5.41, 5.74) is 5.27. The van der Waals surface area contributed by atoms with Crippen LogP contribution in [0, 0.1) is 0 Å². The van der Waals surface area contributed by atoms with Gasteiger partial charge in [-0.1, -0.05) is 71.7 Å². The molecule has 3 aromatic carbocycles. The first kappa shape index (κ1) is 21.7. The van der Waals surface area contributed by atoms with Gasteiger partial charge in [0.25, 0.3) is 5.91 Å². The standard InChI is InChI=1S/C25H18Cl2N2O3/c26-22-8-4-7-21(25(22)27)23-14-13-20(32-23)15-28-29-24(30)16-31-19-11-9-18(10-12-19)17-5-2-1-3-6-17/h1-15H,16H2,(H,29,30). The van der Waals surface area contributed by atoms with E-state index in [0.717, 1.165) is 11.1 Å². The average molecular weight is 465 g/mol. The number of nitrogens with one attached hydrogen (secondary N) is 1. The average Bonchev–Trinajstić information content (AvgIpc) is 3.29. The van der Waals surface area contributed by atoms with Gasteiger partial charge < -0.3 is 9.15 Å². The van der Waals surface area contributed by atoms with E-state index < -0.39 is 5.91 Å². The number of nitrogens with zero attached hydrogens (tertiary/aromatic N) is 1. The lowest BCUT2D eigenvalue weighted by molar-refractivity contribution is -0.123. The lowest BCUT2D eigenvalue weighted by atomic mass is 10.1. The van der Waals surface area contributed by atoms with Crippen LogP contribution in [0.25, 0.3) is 22.5 Å². The van der Waals surface area contributed by atoms with Crippen LogP contribution in [-0.4, -0.2) is 18.7 Å². The molecule has 1 aromatic heterocycles. The van der Waals surface area contributed by atoms with Crippen molar-refractivity contribution in [3.05, 3.63) is 101 Å². The molecule has 7 heteroatoms. The molecule has 0 aliphatic carbocycles. The second kappa shape index (κ2) is 10.2. The molecule has 160 valence electrons. The number of carbonyl (C=O) groups excluding carboxylic acids is 1. The highest BCUT2D eigenvalue weighted by atomic mass is 35.5. The Labute approximate surface area is 195 Å². The summed E-state index contributed by atoms with van der Waals surface area (Å²) < 4.78 is 11.2. The maximum absolute atomic E-state index is 12.0. The number of rotatable bonds is 7. The lowest BCUT2D eigenvalue weighted by Crippen LogP contribution is -2.24. The number of furan rings is 1. The van der Waals surface area contributed by atoms with Crippen molar-refractivity contribution in [1.29, 1.82) is 0 Å². The zero-order valence-corrected chi connectivity index (χ0v) is 18.3. The van der Waals surface area contributed by atoms with Gasteiger partial charge in [-0.15, -0.1) is 0 Å². The smallest absolute Gasteiger partial charge is 0.277 e. The predicted octanol–water partition coefficient (Wildman–Crippen LogP) is 6.45. The van der Waals surface area contributed by atoms with Gasteiger partial charge in [0.2, 0.25) is 0 Å². The van der Waals surface area contributed by atoms with Crippen molar-refractivity contribution in [2.75, 3.05) is 6.61 Å². The fourth-order valence-electron chi connectivity index (χ4n) is 2.98. The van der Waals surface area contributed by atoms with E-state index in [1.165, 1.54) is 6.21 Å². The second-order valence-corrected chi connectivity index (χ2v) is 7.56. The number of hydrogen-bond acceptors (Lipinski definition) is 4. The topological polar surface area (TPSA) is 63.8 Å². The third-order valence-electron chi connectivity index (χ3n) is 4.56. The SMILES string of the molecule is O=C(COc1ccc(-c2ccccc2)cc1)NN=Cc1ccc(-c2cccc(Cl)c2Cl)o1. The van der Waals surface area contributed by atoms with E-state index in [9.17, 15) is 4.79 Å². The van der Waals surface area contributed by atoms with Gasteiger partial charge in [0, 0.05) is 5.56 Å². The van der Waals surface area contributed by atoms with E-state index >= 15 is 0 Å². The molecule has 0 saturated heterocycles. The summed E-state index contributed by atoms with van der Waals surface area (Å²) in [7, 11) is 0. The summed E-state index contributed by atoms with van der Waals surface area (Å²) in [6.07, 6.45) is 1.40. The van der Waals surface area contributed by atoms with Crippen molar-refractivity contribution in [2.24, 2.45) is 5.10 Å². The highest BCUT2D eigenvalue weighted by Crippen LogP contribution is 2.34. The Bertz CT molecular complexity index is 1240. The molecular formula is C25H18Cl2N2O3. The van der Waals surface area contributed by atoms with Crippen LogP contribution < -0.4 is 10.2 Å². The third-order valence-corrected chi connectivity index (χ3v) is 5.38. The second-order valence-electron chi connectivity index (χ2n) is 6.78. The Morgan fingerprint density at radius 2 is 1.66 bits per heavy atom. The molecule has 4 rings (SSSR count). The fraction of sp³-hybridized carbons (Fsp3) is 0.0400. The van der Waals surface area contributed by atoms with Gasteiger partial charge in [0.05, 0.1) is 16.3 Å². The fourth-order valence-corrected chi connectivity index (χ4v) is 3.38. The number of hydrogen-bond donors (Lipinski definition) is 1. The maximum atomic E-state index is 12.0. The minimum atomic E-state index is -0.391. The molecule has 0 aliphatic heterocycles. The maximum Gasteiger partial charge on any atom is 0.277 e. The van der Waals surface area contributed by atoms with E-state index in [1.54, 1.807) is 30.3 Å². The summed E-state index contributed by atoms with van der Waals surface area (Å²) in [5.74, 6) is 1.21. The molecular weight excluding hydrogens is 447 g/mol. The molecule has 0 unspecified atom stereocenters. The van der Waals surface area contributed by atoms with Crippen LogP contribution in [0.1, 0.15) is 5.76 Å². The van der Waals surface area contributed by atoms with Crippen LogP contribution in [-0.2, 0) is 4.79 Å². The van der Waals surface area contributed by atoms with E-state index in [4.69, 9.17) is 32.4 Å². The van der Waals surface area contributed by atoms with E-state index in [0.29, 0.717) is 32.9 Å². The molecule has 0 spiro atoms. The number of amides is 1. The molecule has 1 N–H and O–H groups in total. The van der Waals surface area contributed by atoms with Crippen molar-refractivity contribution in [1.82, 2.24) is 5.43 Å². The van der Waals surface area contributed by atoms with Gasteiger partial charge in [-0.3, -0.25) is 4.79 Å². The molecule has 1 heterocycles. The zero-order chi connectivity index (χ0) is 22.3. The van der Waals surface area contributed by atoms with Gasteiger partial charge in [0.15, 0.2) is 6.61 Å². The van der Waals surface area contributed by atoms with Crippen molar-refractivity contribution < 1.29 is 13.9 Å². The minimum absolute atomic E-state index is 0.163. The summed E-state index contributed by atoms with van der Waals surface area (Å²) in [6.45, 7) is -0.163. The molecule has 32 heavy (non-hydrogen) atoms. The molecule has 0 saturated carbocycles. The van der Waals surface area contributed by atoms with Gasteiger partial charge in [0.1, 0.15) is 17.3 Å². The number of hydrazone groups is 1. The summed E-state index contributed by atoms with van der Waals surface area (Å²) in [4.78, 5) is 12.0. The van der Waals surface area contributed by atoms with E-state index in [2.05, 4.69) is 10.5 Å². The Balaban J connectivity index is 1.28. The monoisotopic (exact) mass is 464 g/mol. The Kier molecular flexibility index (Phi) is 6.90. The normalized spacial score (nSPS) is 10.9. The Morgan fingerprint density at radius 1 is 0.906 bits per heavy atom. The van der Waals surface area contributed by atoms with Crippen molar-refractivity contribution in [2.45, 2.75) is 0 Å². The zero-order valence-electron chi connectivity index (χ0n) is 16.8. The number of benzene rings is 3. The first-order valence-corrected chi connectivity index (χ1v) is 10.5. The number of carbonyl (C=O) groups is 1. The van der Waals surface area contributed by atoms with E-state index in [1.807, 2.05) is 54.6 Å². The van der Waals surface area contributed by atoms with Crippen LogP contribution in [0.5, 0.6) is 5.75 Å².